The molecular weight excluding hydrogens is 468 g/mol. The van der Waals surface area contributed by atoms with Crippen molar-refractivity contribution in [2.24, 2.45) is 0 Å². The molecule has 0 aliphatic rings. The molecule has 0 saturated carbocycles. The summed E-state index contributed by atoms with van der Waals surface area (Å²) in [7, 11) is -2.35. The molecule has 0 bridgehead atoms. The second-order valence-corrected chi connectivity index (χ2v) is 10.1. The SMILES string of the molecule is FC(F)(F)c1ccc([P+](c2ccccc2)(c2ccccc2)c2ccccc2)cc1.[Br-]. The molecule has 0 radical (unpaired) electrons. The summed E-state index contributed by atoms with van der Waals surface area (Å²) in [4.78, 5) is 0. The molecule has 4 aromatic rings. The van der Waals surface area contributed by atoms with E-state index in [1.165, 1.54) is 12.1 Å². The summed E-state index contributed by atoms with van der Waals surface area (Å²) in [6, 6.07) is 35.9. The van der Waals surface area contributed by atoms with Gasteiger partial charge in [0.1, 0.15) is 28.5 Å². The molecule has 0 fully saturated rings. The summed E-state index contributed by atoms with van der Waals surface area (Å²) < 4.78 is 39.6. The van der Waals surface area contributed by atoms with Crippen LogP contribution in [0.5, 0.6) is 0 Å². The van der Waals surface area contributed by atoms with Gasteiger partial charge in [-0.15, -0.1) is 0 Å². The summed E-state index contributed by atoms with van der Waals surface area (Å²) in [6.45, 7) is 0. The van der Waals surface area contributed by atoms with E-state index < -0.39 is 19.0 Å². The van der Waals surface area contributed by atoms with Crippen LogP contribution in [-0.2, 0) is 6.18 Å². The number of benzene rings is 4. The van der Waals surface area contributed by atoms with Crippen molar-refractivity contribution in [3.63, 3.8) is 0 Å². The van der Waals surface area contributed by atoms with Crippen LogP contribution in [0.3, 0.4) is 0 Å². The van der Waals surface area contributed by atoms with Crippen LogP contribution in [0, 0.1) is 0 Å². The summed E-state index contributed by atoms with van der Waals surface area (Å²) >= 11 is 0. The van der Waals surface area contributed by atoms with Gasteiger partial charge in [-0.05, 0) is 60.7 Å². The van der Waals surface area contributed by atoms with Gasteiger partial charge >= 0.3 is 6.18 Å². The Balaban J connectivity index is 0.00000256. The Labute approximate surface area is 185 Å². The third-order valence-electron chi connectivity index (χ3n) is 5.01. The Bertz CT molecular complexity index is 968. The molecule has 4 rings (SSSR count). The standard InChI is InChI=1S/C25H19F3P.BrH/c26-25(27,28)20-16-18-24(19-17-20)29(21-10-4-1-5-11-21,22-12-6-2-7-13-22)23-14-8-3-9-15-23;/h1-19H;1H/q+1;/p-1. The van der Waals surface area contributed by atoms with Crippen molar-refractivity contribution >= 4 is 28.5 Å². The molecule has 5 heteroatoms. The molecule has 0 heterocycles. The van der Waals surface area contributed by atoms with Crippen LogP contribution in [-0.4, -0.2) is 0 Å². The highest BCUT2D eigenvalue weighted by atomic mass is 79.9. The highest BCUT2D eigenvalue weighted by Crippen LogP contribution is 2.54. The average molecular weight is 487 g/mol. The molecule has 0 aliphatic heterocycles. The largest absolute Gasteiger partial charge is 1.00 e. The Hall–Kier alpha value is -2.42. The van der Waals surface area contributed by atoms with Gasteiger partial charge in [-0.3, -0.25) is 0 Å². The molecule has 0 saturated heterocycles. The first-order valence-corrected chi connectivity index (χ1v) is 11.1. The minimum atomic E-state index is -4.36. The van der Waals surface area contributed by atoms with Crippen molar-refractivity contribution in [2.45, 2.75) is 6.18 Å². The van der Waals surface area contributed by atoms with Crippen LogP contribution in [0.4, 0.5) is 13.2 Å². The van der Waals surface area contributed by atoms with Gasteiger partial charge in [0.25, 0.3) is 0 Å². The van der Waals surface area contributed by atoms with Crippen molar-refractivity contribution in [3.8, 4) is 0 Å². The van der Waals surface area contributed by atoms with E-state index in [2.05, 4.69) is 36.4 Å². The lowest BCUT2D eigenvalue weighted by Crippen LogP contribution is -3.00. The van der Waals surface area contributed by atoms with Crippen LogP contribution in [0.25, 0.3) is 0 Å². The molecule has 0 spiro atoms. The van der Waals surface area contributed by atoms with Gasteiger partial charge in [-0.25, -0.2) is 0 Å². The van der Waals surface area contributed by atoms with Crippen LogP contribution in [0.2, 0.25) is 0 Å². The van der Waals surface area contributed by atoms with Crippen molar-refractivity contribution < 1.29 is 30.2 Å². The van der Waals surface area contributed by atoms with Gasteiger partial charge < -0.3 is 17.0 Å². The molecule has 0 aromatic heterocycles. The molecule has 0 atom stereocenters. The van der Waals surface area contributed by atoms with Gasteiger partial charge in [-0.2, -0.15) is 13.2 Å². The lowest BCUT2D eigenvalue weighted by Gasteiger charge is -2.27. The van der Waals surface area contributed by atoms with E-state index >= 15 is 0 Å². The Morgan fingerprint density at radius 1 is 0.433 bits per heavy atom. The first kappa shape index (κ1) is 22.3. The molecule has 0 N–H and O–H groups in total. The van der Waals surface area contributed by atoms with Crippen molar-refractivity contribution in [1.29, 1.82) is 0 Å². The maximum atomic E-state index is 13.2. The summed E-state index contributed by atoms with van der Waals surface area (Å²) in [5.41, 5.74) is -0.631. The van der Waals surface area contributed by atoms with Crippen molar-refractivity contribution in [1.82, 2.24) is 0 Å². The normalized spacial score (nSPS) is 11.6. The van der Waals surface area contributed by atoms with Crippen molar-refractivity contribution in [2.75, 3.05) is 0 Å². The van der Waals surface area contributed by atoms with Crippen LogP contribution >= 0.6 is 7.26 Å². The molecule has 30 heavy (non-hydrogen) atoms. The quantitative estimate of drug-likeness (QED) is 0.388. The zero-order valence-corrected chi connectivity index (χ0v) is 18.4. The summed E-state index contributed by atoms with van der Waals surface area (Å²) in [6.07, 6.45) is -4.36. The Kier molecular flexibility index (Phi) is 6.80. The van der Waals surface area contributed by atoms with Crippen LogP contribution < -0.4 is 38.2 Å². The molecular formula is C25H19BrF3P. The van der Waals surface area contributed by atoms with Gasteiger partial charge in [-0.1, -0.05) is 54.6 Å². The van der Waals surface area contributed by atoms with Crippen molar-refractivity contribution in [3.05, 3.63) is 121 Å². The fourth-order valence-corrected chi connectivity index (χ4v) is 7.97. The fraction of sp³-hybridized carbons (Fsp3) is 0.0400. The molecule has 152 valence electrons. The van der Waals surface area contributed by atoms with E-state index in [9.17, 15) is 13.2 Å². The minimum Gasteiger partial charge on any atom is -1.00 e. The highest BCUT2D eigenvalue weighted by molar-refractivity contribution is 8.01. The average Bonchev–Trinajstić information content (AvgIpc) is 2.76. The topological polar surface area (TPSA) is 0 Å². The maximum Gasteiger partial charge on any atom is 0.416 e. The molecule has 0 nitrogen and oxygen atoms in total. The summed E-state index contributed by atoms with van der Waals surface area (Å²) in [5.74, 6) is 0. The van der Waals surface area contributed by atoms with Crippen LogP contribution in [0.1, 0.15) is 5.56 Å². The van der Waals surface area contributed by atoms with E-state index in [1.54, 1.807) is 12.1 Å². The number of alkyl halides is 3. The Morgan fingerprint density at radius 3 is 1.03 bits per heavy atom. The molecule has 0 amide bonds. The third kappa shape index (κ3) is 4.08. The zero-order chi connectivity index (χ0) is 20.3. The van der Waals surface area contributed by atoms with Gasteiger partial charge in [0.15, 0.2) is 0 Å². The lowest BCUT2D eigenvalue weighted by molar-refractivity contribution is -0.137. The summed E-state index contributed by atoms with van der Waals surface area (Å²) in [5, 5.41) is 4.22. The van der Waals surface area contributed by atoms with Gasteiger partial charge in [0.05, 0.1) is 5.56 Å². The maximum absolute atomic E-state index is 13.2. The predicted octanol–water partition coefficient (Wildman–Crippen LogP) is 2.33. The first-order valence-electron chi connectivity index (χ1n) is 9.26. The Morgan fingerprint density at radius 2 is 0.733 bits per heavy atom. The van der Waals surface area contributed by atoms with Crippen LogP contribution in [0.15, 0.2) is 115 Å². The molecule has 0 unspecified atom stereocenters. The van der Waals surface area contributed by atoms with Gasteiger partial charge in [0.2, 0.25) is 0 Å². The van der Waals surface area contributed by atoms with E-state index in [0.717, 1.165) is 21.2 Å². The van der Waals surface area contributed by atoms with E-state index in [0.29, 0.717) is 0 Å². The smallest absolute Gasteiger partial charge is 0.416 e. The minimum absolute atomic E-state index is 0. The first-order chi connectivity index (χ1) is 14.0. The predicted molar refractivity (Wildman–Crippen MR) is 116 cm³/mol. The van der Waals surface area contributed by atoms with E-state index in [1.807, 2.05) is 54.6 Å². The van der Waals surface area contributed by atoms with E-state index in [-0.39, 0.29) is 17.0 Å². The second-order valence-electron chi connectivity index (χ2n) is 6.72. The lowest BCUT2D eigenvalue weighted by atomic mass is 10.2. The fourth-order valence-electron chi connectivity index (χ4n) is 3.72. The molecule has 4 aromatic carbocycles. The molecule has 0 aliphatic carbocycles. The third-order valence-corrected chi connectivity index (χ3v) is 9.30. The number of hydrogen-bond acceptors (Lipinski definition) is 0. The monoisotopic (exact) mass is 486 g/mol. The number of hydrogen-bond donors (Lipinski definition) is 0. The zero-order valence-electron chi connectivity index (χ0n) is 15.9. The van der Waals surface area contributed by atoms with E-state index in [4.69, 9.17) is 0 Å². The number of rotatable bonds is 4. The second kappa shape index (κ2) is 9.16. The highest BCUT2D eigenvalue weighted by Gasteiger charge is 2.48. The van der Waals surface area contributed by atoms with Gasteiger partial charge in [0, 0.05) is 0 Å². The number of halogens is 4.